The summed E-state index contributed by atoms with van der Waals surface area (Å²) in [4.78, 5) is 12.7. The van der Waals surface area contributed by atoms with E-state index in [1.807, 2.05) is 25.1 Å². The highest BCUT2D eigenvalue weighted by Crippen LogP contribution is 2.43. The van der Waals surface area contributed by atoms with E-state index in [1.165, 1.54) is 6.92 Å². The largest absolute Gasteiger partial charge is 0.527 e. The van der Waals surface area contributed by atoms with E-state index in [0.717, 1.165) is 5.56 Å². The molecule has 20 atom stereocenters. The molecule has 16 heteroatoms. The fraction of sp³-hybridized carbons (Fsp3) is 0.833. The lowest BCUT2D eigenvalue weighted by Gasteiger charge is -2.53. The lowest BCUT2D eigenvalue weighted by atomic mass is 9.79. The molecule has 0 radical (unpaired) electrons. The molecular weight excluding hydrogens is 880 g/mol. The molecule has 14 nitrogen and oxygen atoms in total. The number of nitrogens with one attached hydrogen (secondary N) is 1. The van der Waals surface area contributed by atoms with E-state index < -0.39 is 85.9 Å². The van der Waals surface area contributed by atoms with Crippen molar-refractivity contribution in [1.82, 2.24) is 5.32 Å². The first kappa shape index (κ1) is 47.0. The molecule has 1 aromatic rings. The number of hydrogen-bond acceptors (Lipinski definition) is 13. The predicted octanol–water partition coefficient (Wildman–Crippen LogP) is 4.85. The van der Waals surface area contributed by atoms with E-state index in [0.29, 0.717) is 13.2 Å². The number of halogens is 1. The second kappa shape index (κ2) is 20.3. The number of fused-ring (bicyclic) bond motifs is 1. The Bertz CT molecular complexity index is 1470. The monoisotopic (exact) mass is 947 g/mol. The van der Waals surface area contributed by atoms with Gasteiger partial charge < -0.3 is 61.6 Å². The topological polar surface area (TPSA) is 151 Å². The van der Waals surface area contributed by atoms with Crippen molar-refractivity contribution in [3.63, 3.8) is 0 Å². The molecule has 5 aliphatic heterocycles. The van der Waals surface area contributed by atoms with Gasteiger partial charge in [-0.15, -0.1) is 0 Å². The van der Waals surface area contributed by atoms with Gasteiger partial charge in [-0.3, -0.25) is 4.79 Å². The quantitative estimate of drug-likeness (QED) is 0.205. The van der Waals surface area contributed by atoms with E-state index >= 15 is 0 Å². The minimum Gasteiger partial charge on any atom is -0.471 e. The van der Waals surface area contributed by atoms with Gasteiger partial charge in [0.25, 0.3) is 0 Å². The van der Waals surface area contributed by atoms with Crippen LogP contribution in [-0.2, 0) is 62.6 Å². The van der Waals surface area contributed by atoms with Gasteiger partial charge in [0.15, 0.2) is 30.9 Å². The predicted molar refractivity (Wildman–Crippen MR) is 222 cm³/mol. The molecule has 0 spiro atoms. The van der Waals surface area contributed by atoms with Crippen LogP contribution in [-0.4, -0.2) is 128 Å². The molecule has 328 valence electrons. The smallest absolute Gasteiger partial charge is 0.471 e. The van der Waals surface area contributed by atoms with E-state index in [4.69, 9.17) is 51.2 Å². The average Bonchev–Trinajstić information content (AvgIpc) is 3.18. The highest BCUT2D eigenvalue weighted by atomic mass is 127. The van der Waals surface area contributed by atoms with E-state index in [9.17, 15) is 9.90 Å². The highest BCUT2D eigenvalue weighted by molar-refractivity contribution is 14.1. The Morgan fingerprint density at radius 2 is 1.45 bits per heavy atom. The lowest BCUT2D eigenvalue weighted by Crippen LogP contribution is -2.70. The third kappa shape index (κ3) is 10.8. The minimum absolute atomic E-state index is 0.0202. The SMILES string of the molecule is CC(=O)N[C@H]1C(O)[C@@H]2OC(C)(C)OCC2O[C@H]1OC1[C@H](OC2[C@H]([O][AlH][I])OC(C)[C@H](C)[C@@H]2C)OC(C)[C@H](C)[C@@H]1O[C@H]1O[C@@H](COCc2ccccc2)[C@@H](C)C(C)C1C. The van der Waals surface area contributed by atoms with Gasteiger partial charge in [-0.05, 0) is 56.9 Å². The molecule has 6 rings (SSSR count). The van der Waals surface area contributed by atoms with Crippen molar-refractivity contribution in [3.05, 3.63) is 35.9 Å². The van der Waals surface area contributed by atoms with Crippen molar-refractivity contribution in [2.45, 2.75) is 175 Å². The van der Waals surface area contributed by atoms with Gasteiger partial charge in [-0.1, -0.05) is 71.9 Å². The summed E-state index contributed by atoms with van der Waals surface area (Å²) in [6.45, 7) is 23.0. The van der Waals surface area contributed by atoms with Crippen molar-refractivity contribution in [2.24, 2.45) is 35.5 Å². The Kier molecular flexibility index (Phi) is 16.5. The van der Waals surface area contributed by atoms with Crippen molar-refractivity contribution in [1.29, 1.82) is 0 Å². The van der Waals surface area contributed by atoms with Crippen LogP contribution in [0.1, 0.15) is 81.7 Å². The third-order valence-electron chi connectivity index (χ3n) is 13.4. The molecule has 0 bridgehead atoms. The van der Waals surface area contributed by atoms with Gasteiger partial charge in [0.1, 0.15) is 36.6 Å². The number of carbonyl (C=O) groups excluding carboxylic acids is 1. The zero-order chi connectivity index (χ0) is 42.1. The molecule has 0 aromatic heterocycles. The molecular formula is C42H67AlINO13. The van der Waals surface area contributed by atoms with Gasteiger partial charge in [-0.2, -0.15) is 20.3 Å². The summed E-state index contributed by atoms with van der Waals surface area (Å²) in [5.74, 6) is -0.833. The molecule has 0 saturated carbocycles. The number of amides is 1. The fourth-order valence-electron chi connectivity index (χ4n) is 8.87. The minimum atomic E-state index is -1.18. The van der Waals surface area contributed by atoms with Crippen molar-refractivity contribution >= 4 is 38.5 Å². The second-order valence-corrected chi connectivity index (χ2v) is 20.2. The summed E-state index contributed by atoms with van der Waals surface area (Å²) < 4.78 is 72.2. The van der Waals surface area contributed by atoms with Crippen molar-refractivity contribution < 1.29 is 61.1 Å². The van der Waals surface area contributed by atoms with Crippen LogP contribution in [0.5, 0.6) is 0 Å². The molecule has 5 fully saturated rings. The van der Waals surface area contributed by atoms with Gasteiger partial charge in [0.05, 0.1) is 44.2 Å². The Morgan fingerprint density at radius 1 is 0.793 bits per heavy atom. The maximum Gasteiger partial charge on any atom is 0.527 e. The Balaban J connectivity index is 1.31. The van der Waals surface area contributed by atoms with Crippen LogP contribution in [0, 0.1) is 35.5 Å². The number of aliphatic hydroxyl groups excluding tert-OH is 1. The molecule has 1 aromatic carbocycles. The second-order valence-electron chi connectivity index (χ2n) is 17.7. The van der Waals surface area contributed by atoms with Gasteiger partial charge >= 0.3 is 12.3 Å². The molecule has 0 aliphatic carbocycles. The zero-order valence-corrected chi connectivity index (χ0v) is 39.6. The fourth-order valence-corrected chi connectivity index (χ4v) is 10.3. The van der Waals surface area contributed by atoms with Crippen LogP contribution in [0.4, 0.5) is 0 Å². The van der Waals surface area contributed by atoms with Crippen LogP contribution >= 0.6 is 20.3 Å². The molecule has 8 unspecified atom stereocenters. The number of ether oxygens (including phenoxy) is 10. The van der Waals surface area contributed by atoms with E-state index in [-0.39, 0.29) is 66.3 Å². The van der Waals surface area contributed by atoms with Crippen LogP contribution in [0.3, 0.4) is 0 Å². The Labute approximate surface area is 362 Å². The van der Waals surface area contributed by atoms with Crippen LogP contribution in [0.25, 0.3) is 0 Å². The van der Waals surface area contributed by atoms with Crippen LogP contribution < -0.4 is 5.32 Å². The standard InChI is InChI=1S/C42H66NO13.Al.HI.H/c1-20-22(3)30(18-47-17-29-15-13-12-14-16-29)51-39(24(20)5)53-34-25(6)27(8)50-41(54-35-23(4)21(2)26(7)49-38(35)46)37(34)55-40-32(43-28(9)44)33(45)36-31(52-40)19-48-42(10,11)56-36;;;/h12-16,20-27,30-41,45H,17-19H2,1-11H3,(H,43,44);;1H;/q-1;+2;;/p-1/t20?,21-,22+,23+,24?,25+,26?,27?,30+,31?,32+,33?,34+,35?,36-,37?,38-,39-,40+,41+;;;/m1.../s1. The summed E-state index contributed by atoms with van der Waals surface area (Å²) in [5.41, 5.74) is 1.10. The summed E-state index contributed by atoms with van der Waals surface area (Å²) in [5, 5.41) is 14.7. The molecule has 1 amide bonds. The van der Waals surface area contributed by atoms with Gasteiger partial charge in [0.2, 0.25) is 5.91 Å². The zero-order valence-electron chi connectivity index (χ0n) is 36.0. The van der Waals surface area contributed by atoms with Crippen molar-refractivity contribution in [2.75, 3.05) is 13.2 Å². The van der Waals surface area contributed by atoms with Crippen LogP contribution in [0.15, 0.2) is 30.3 Å². The summed E-state index contributed by atoms with van der Waals surface area (Å²) in [6.07, 6.45) is -8.60. The van der Waals surface area contributed by atoms with E-state index in [2.05, 4.69) is 86.2 Å². The number of hydrogen-bond donors (Lipinski definition) is 2. The average molecular weight is 948 g/mol. The summed E-state index contributed by atoms with van der Waals surface area (Å²) in [6, 6.07) is 9.11. The molecule has 2 N–H and O–H groups in total. The van der Waals surface area contributed by atoms with E-state index in [1.54, 1.807) is 13.8 Å². The maximum absolute atomic E-state index is 12.7. The molecule has 58 heavy (non-hydrogen) atoms. The first-order chi connectivity index (χ1) is 27.5. The number of aliphatic hydroxyl groups is 1. The number of carbonyl (C=O) groups is 1. The third-order valence-corrected chi connectivity index (χ3v) is 15.0. The molecule has 5 aliphatic rings. The summed E-state index contributed by atoms with van der Waals surface area (Å²) in [7, 11) is 0. The first-order valence-electron chi connectivity index (χ1n) is 21.1. The Morgan fingerprint density at radius 3 is 2.14 bits per heavy atom. The van der Waals surface area contributed by atoms with Gasteiger partial charge in [-0.25, -0.2) is 0 Å². The lowest BCUT2D eigenvalue weighted by molar-refractivity contribution is -0.403. The maximum atomic E-state index is 12.7. The molecule has 5 heterocycles. The first-order valence-corrected chi connectivity index (χ1v) is 26.8. The number of benzene rings is 1. The Hall–Kier alpha value is -0.528. The number of rotatable bonds is 13. The van der Waals surface area contributed by atoms with Crippen LogP contribution in [0.2, 0.25) is 0 Å². The highest BCUT2D eigenvalue weighted by Gasteiger charge is 2.56. The van der Waals surface area contributed by atoms with Crippen molar-refractivity contribution in [3.8, 4) is 0 Å². The normalized spacial score (nSPS) is 45.5. The molecule has 5 saturated heterocycles. The van der Waals surface area contributed by atoms with Gasteiger partial charge in [0, 0.05) is 18.8 Å². The summed E-state index contributed by atoms with van der Waals surface area (Å²) >= 11 is 1.41.